The highest BCUT2D eigenvalue weighted by atomic mass is 35.6. The van der Waals surface area contributed by atoms with E-state index in [1.165, 1.54) is 63.5 Å². The van der Waals surface area contributed by atoms with Crippen LogP contribution in [0.4, 0.5) is 0 Å². The molecule has 0 heterocycles. The van der Waals surface area contributed by atoms with Gasteiger partial charge in [-0.1, -0.05) is 86.0 Å². The number of unbranched alkanes of at least 4 members (excludes halogenated alkanes) is 6. The van der Waals surface area contributed by atoms with Crippen molar-refractivity contribution in [3.63, 3.8) is 0 Å². The first-order valence-corrected chi connectivity index (χ1v) is 11.5. The molecule has 18 heavy (non-hydrogen) atoms. The van der Waals surface area contributed by atoms with Crippen molar-refractivity contribution in [1.82, 2.24) is 0 Å². The zero-order chi connectivity index (χ0) is 14.1. The summed E-state index contributed by atoms with van der Waals surface area (Å²) >= 11 is 7.11. The first-order valence-electron chi connectivity index (χ1n) is 8.06. The van der Waals surface area contributed by atoms with Crippen molar-refractivity contribution in [2.75, 3.05) is 0 Å². The van der Waals surface area contributed by atoms with Crippen LogP contribution in [-0.2, 0) is 0 Å². The third kappa shape index (κ3) is 7.18. The average molecular weight is 291 g/mol. The maximum Gasteiger partial charge on any atom is 0.161 e. The van der Waals surface area contributed by atoms with Gasteiger partial charge in [0.1, 0.15) is 0 Å². The molecule has 0 rings (SSSR count). The maximum atomic E-state index is 7.11. The van der Waals surface area contributed by atoms with Gasteiger partial charge in [-0.05, 0) is 17.1 Å². The van der Waals surface area contributed by atoms with E-state index in [4.69, 9.17) is 11.1 Å². The van der Waals surface area contributed by atoms with Crippen molar-refractivity contribution in [2.45, 2.75) is 103 Å². The Labute approximate surface area is 122 Å². The number of hydrogen-bond donors (Lipinski definition) is 0. The van der Waals surface area contributed by atoms with E-state index in [1.807, 2.05) is 0 Å². The highest BCUT2D eigenvalue weighted by Crippen LogP contribution is 2.46. The molecular weight excluding hydrogens is 256 g/mol. The molecule has 0 aromatic rings. The molecule has 0 saturated heterocycles. The number of halogens is 1. The Morgan fingerprint density at radius 1 is 0.722 bits per heavy atom. The number of rotatable bonds is 10. The van der Waals surface area contributed by atoms with E-state index >= 15 is 0 Å². The fourth-order valence-corrected chi connectivity index (χ4v) is 6.71. The summed E-state index contributed by atoms with van der Waals surface area (Å²) in [6, 6.07) is 2.65. The minimum atomic E-state index is -1.58. The van der Waals surface area contributed by atoms with Crippen LogP contribution in [0.15, 0.2) is 0 Å². The molecule has 0 aliphatic carbocycles. The Morgan fingerprint density at radius 3 is 1.39 bits per heavy atom. The Kier molecular flexibility index (Phi) is 9.68. The van der Waals surface area contributed by atoms with E-state index in [0.29, 0.717) is 5.04 Å². The smallest absolute Gasteiger partial charge is 0.161 e. The Balaban J connectivity index is 4.17. The molecule has 0 amide bonds. The lowest BCUT2D eigenvalue weighted by atomic mass is 10.2. The van der Waals surface area contributed by atoms with Gasteiger partial charge < -0.3 is 0 Å². The molecular formula is C16H35ClSi. The lowest BCUT2D eigenvalue weighted by Crippen LogP contribution is -2.37. The fourth-order valence-electron chi connectivity index (χ4n) is 2.54. The lowest BCUT2D eigenvalue weighted by Gasteiger charge is -2.37. The zero-order valence-corrected chi connectivity index (χ0v) is 15.2. The lowest BCUT2D eigenvalue weighted by molar-refractivity contribution is 0.650. The molecule has 0 nitrogen and oxygen atoms in total. The summed E-state index contributed by atoms with van der Waals surface area (Å²) in [7, 11) is -1.58. The molecule has 0 radical (unpaired) electrons. The predicted octanol–water partition coefficient (Wildman–Crippen LogP) is 7.13. The highest BCUT2D eigenvalue weighted by molar-refractivity contribution is 7.21. The Hall–Kier alpha value is 0.507. The van der Waals surface area contributed by atoms with Gasteiger partial charge in [0.15, 0.2) is 7.38 Å². The number of hydrogen-bond acceptors (Lipinski definition) is 0. The first kappa shape index (κ1) is 18.5. The summed E-state index contributed by atoms with van der Waals surface area (Å²) < 4.78 is 0. The van der Waals surface area contributed by atoms with Crippen LogP contribution < -0.4 is 0 Å². The SMILES string of the molecule is CCCCCC[Si](Cl)(CCCCCC)C(C)(C)C. The monoisotopic (exact) mass is 290 g/mol. The molecule has 0 atom stereocenters. The molecule has 0 aromatic carbocycles. The Morgan fingerprint density at radius 2 is 1.11 bits per heavy atom. The van der Waals surface area contributed by atoms with E-state index in [-0.39, 0.29) is 0 Å². The van der Waals surface area contributed by atoms with Crippen LogP contribution in [0.2, 0.25) is 17.1 Å². The second-order valence-electron chi connectivity index (χ2n) is 6.84. The van der Waals surface area contributed by atoms with Crippen molar-refractivity contribution in [3.05, 3.63) is 0 Å². The van der Waals surface area contributed by atoms with E-state index in [0.717, 1.165) is 0 Å². The molecule has 0 fully saturated rings. The van der Waals surface area contributed by atoms with Gasteiger partial charge >= 0.3 is 0 Å². The van der Waals surface area contributed by atoms with Crippen LogP contribution >= 0.6 is 11.1 Å². The van der Waals surface area contributed by atoms with Gasteiger partial charge in [0.2, 0.25) is 0 Å². The average Bonchev–Trinajstić information content (AvgIpc) is 2.29. The van der Waals surface area contributed by atoms with Crippen molar-refractivity contribution in [1.29, 1.82) is 0 Å². The molecule has 0 aliphatic heterocycles. The molecule has 0 aromatic heterocycles. The zero-order valence-electron chi connectivity index (χ0n) is 13.4. The first-order chi connectivity index (χ1) is 8.37. The predicted molar refractivity (Wildman–Crippen MR) is 89.2 cm³/mol. The third-order valence-electron chi connectivity index (χ3n) is 4.20. The van der Waals surface area contributed by atoms with Gasteiger partial charge in [0.05, 0.1) is 0 Å². The van der Waals surface area contributed by atoms with E-state index in [9.17, 15) is 0 Å². The van der Waals surface area contributed by atoms with Crippen LogP contribution in [0.3, 0.4) is 0 Å². The van der Waals surface area contributed by atoms with Gasteiger partial charge in [-0.15, -0.1) is 0 Å². The van der Waals surface area contributed by atoms with Crippen LogP contribution in [-0.4, -0.2) is 7.38 Å². The quantitative estimate of drug-likeness (QED) is 0.228. The summed E-state index contributed by atoms with van der Waals surface area (Å²) in [6.07, 6.45) is 10.9. The van der Waals surface area contributed by atoms with Gasteiger partial charge in [-0.25, -0.2) is 0 Å². The third-order valence-corrected chi connectivity index (χ3v) is 12.0. The van der Waals surface area contributed by atoms with Crippen LogP contribution in [0, 0.1) is 0 Å². The second kappa shape index (κ2) is 9.42. The minimum Gasteiger partial charge on any atom is -0.166 e. The molecule has 0 N–H and O–H groups in total. The standard InChI is InChI=1S/C16H35ClSi/c1-6-8-10-12-14-18(17,16(3,4)5)15-13-11-9-7-2/h6-15H2,1-5H3. The van der Waals surface area contributed by atoms with Crippen molar-refractivity contribution >= 4 is 18.5 Å². The maximum absolute atomic E-state index is 7.11. The largest absolute Gasteiger partial charge is 0.166 e. The van der Waals surface area contributed by atoms with Crippen LogP contribution in [0.5, 0.6) is 0 Å². The summed E-state index contributed by atoms with van der Waals surface area (Å²) in [5.74, 6) is 0. The van der Waals surface area contributed by atoms with Gasteiger partial charge in [0.25, 0.3) is 0 Å². The Bertz CT molecular complexity index is 184. The highest BCUT2D eigenvalue weighted by Gasteiger charge is 2.41. The van der Waals surface area contributed by atoms with E-state index in [1.54, 1.807) is 0 Å². The summed E-state index contributed by atoms with van der Waals surface area (Å²) in [4.78, 5) is 0. The second-order valence-corrected chi connectivity index (χ2v) is 13.4. The van der Waals surface area contributed by atoms with E-state index < -0.39 is 7.38 Å². The normalized spacial score (nSPS) is 13.0. The molecule has 0 aliphatic rings. The molecule has 0 unspecified atom stereocenters. The molecule has 0 bridgehead atoms. The van der Waals surface area contributed by atoms with Crippen molar-refractivity contribution < 1.29 is 0 Å². The fraction of sp³-hybridized carbons (Fsp3) is 1.00. The molecule has 0 saturated carbocycles. The van der Waals surface area contributed by atoms with Gasteiger partial charge in [0, 0.05) is 0 Å². The summed E-state index contributed by atoms with van der Waals surface area (Å²) in [5.41, 5.74) is 0. The van der Waals surface area contributed by atoms with Gasteiger partial charge in [-0.3, -0.25) is 0 Å². The van der Waals surface area contributed by atoms with Gasteiger partial charge in [-0.2, -0.15) is 11.1 Å². The summed E-state index contributed by atoms with van der Waals surface area (Å²) in [6.45, 7) is 11.7. The molecule has 0 spiro atoms. The summed E-state index contributed by atoms with van der Waals surface area (Å²) in [5, 5.41) is 0.354. The van der Waals surface area contributed by atoms with Crippen molar-refractivity contribution in [3.8, 4) is 0 Å². The van der Waals surface area contributed by atoms with Crippen LogP contribution in [0.25, 0.3) is 0 Å². The topological polar surface area (TPSA) is 0 Å². The molecule has 110 valence electrons. The minimum absolute atomic E-state index is 0.354. The van der Waals surface area contributed by atoms with Crippen LogP contribution in [0.1, 0.15) is 86.0 Å². The van der Waals surface area contributed by atoms with E-state index in [2.05, 4.69) is 34.6 Å². The van der Waals surface area contributed by atoms with Crippen molar-refractivity contribution in [2.24, 2.45) is 0 Å². The molecule has 2 heteroatoms.